The number of amides is 4. The molecule has 4 aromatic rings. The number of benzene rings is 2. The van der Waals surface area contributed by atoms with Crippen LogP contribution in [0.3, 0.4) is 0 Å². The van der Waals surface area contributed by atoms with Gasteiger partial charge in [-0.05, 0) is 103 Å². The molecule has 298 valence electrons. The summed E-state index contributed by atoms with van der Waals surface area (Å²) in [7, 11) is 3.50. The SMILES string of the molecule is CN[C@@H](C)C(=O)N[C@H]1CCC[C@H]2SC[C@@H](Cc3c(-c4[nH]c5ccccc5c4C[C@@H]4CS[C@@H]5CCC[C@H](NC(=O)[C@H](C)NC)C(=O)N45)[nH]c4ccccc34)N2C1=O. The summed E-state index contributed by atoms with van der Waals surface area (Å²) in [5, 5.41) is 14.5. The smallest absolute Gasteiger partial charge is 0.246 e. The Kier molecular flexibility index (Phi) is 11.4. The second kappa shape index (κ2) is 16.5. The Bertz CT molecular complexity index is 1970. The molecule has 4 amide bonds. The van der Waals surface area contributed by atoms with E-state index in [1.54, 1.807) is 14.1 Å². The van der Waals surface area contributed by atoms with E-state index in [-0.39, 0.29) is 58.5 Å². The monoisotopic (exact) mass is 798 g/mol. The van der Waals surface area contributed by atoms with Crippen molar-refractivity contribution < 1.29 is 19.2 Å². The van der Waals surface area contributed by atoms with E-state index >= 15 is 0 Å². The number of thioether (sulfide) groups is 2. The van der Waals surface area contributed by atoms with E-state index in [9.17, 15) is 19.2 Å². The van der Waals surface area contributed by atoms with E-state index in [0.29, 0.717) is 25.7 Å². The largest absolute Gasteiger partial charge is 0.353 e. The molecule has 4 aliphatic rings. The summed E-state index contributed by atoms with van der Waals surface area (Å²) in [5.41, 5.74) is 6.41. The number of para-hydroxylation sites is 2. The molecular formula is C42H54N8O4S2. The lowest BCUT2D eigenvalue weighted by atomic mass is 9.96. The van der Waals surface area contributed by atoms with Gasteiger partial charge in [0.15, 0.2) is 0 Å². The highest BCUT2D eigenvalue weighted by molar-refractivity contribution is 8.00. The van der Waals surface area contributed by atoms with Gasteiger partial charge >= 0.3 is 0 Å². The molecule has 4 fully saturated rings. The van der Waals surface area contributed by atoms with Crippen LogP contribution in [0.2, 0.25) is 0 Å². The van der Waals surface area contributed by atoms with Crippen LogP contribution in [-0.4, -0.2) is 116 Å². The number of rotatable bonds is 11. The Balaban J connectivity index is 1.13. The van der Waals surface area contributed by atoms with Crippen LogP contribution in [0.1, 0.15) is 63.5 Å². The van der Waals surface area contributed by atoms with Gasteiger partial charge < -0.3 is 41.0 Å². The summed E-state index contributed by atoms with van der Waals surface area (Å²) in [4.78, 5) is 66.2. The van der Waals surface area contributed by atoms with Crippen LogP contribution in [0, 0.1) is 0 Å². The van der Waals surface area contributed by atoms with Crippen molar-refractivity contribution in [3.05, 3.63) is 59.7 Å². The van der Waals surface area contributed by atoms with Crippen molar-refractivity contribution in [3.8, 4) is 11.4 Å². The first-order chi connectivity index (χ1) is 27.2. The van der Waals surface area contributed by atoms with Gasteiger partial charge in [0, 0.05) is 45.4 Å². The van der Waals surface area contributed by atoms with Crippen LogP contribution in [0.5, 0.6) is 0 Å². The van der Waals surface area contributed by atoms with Crippen LogP contribution < -0.4 is 21.3 Å². The zero-order valence-corrected chi connectivity index (χ0v) is 34.3. The predicted octanol–water partition coefficient (Wildman–Crippen LogP) is 4.49. The zero-order valence-electron chi connectivity index (χ0n) is 32.7. The second-order valence-electron chi connectivity index (χ2n) is 15.8. The van der Waals surface area contributed by atoms with Crippen LogP contribution in [0.15, 0.2) is 48.5 Å². The van der Waals surface area contributed by atoms with Crippen molar-refractivity contribution in [1.29, 1.82) is 0 Å². The minimum atomic E-state index is -0.540. The predicted molar refractivity (Wildman–Crippen MR) is 225 cm³/mol. The molecule has 56 heavy (non-hydrogen) atoms. The van der Waals surface area contributed by atoms with Crippen LogP contribution in [0.25, 0.3) is 33.2 Å². The number of aromatic amines is 2. The van der Waals surface area contributed by atoms with Gasteiger partial charge in [0.2, 0.25) is 23.6 Å². The number of nitrogens with zero attached hydrogens (tertiary/aromatic N) is 2. The van der Waals surface area contributed by atoms with Gasteiger partial charge in [-0.25, -0.2) is 0 Å². The van der Waals surface area contributed by atoms with Crippen molar-refractivity contribution in [2.45, 2.75) is 112 Å². The third-order valence-corrected chi connectivity index (χ3v) is 15.3. The van der Waals surface area contributed by atoms with Gasteiger partial charge in [0.25, 0.3) is 0 Å². The van der Waals surface area contributed by atoms with Gasteiger partial charge in [-0.3, -0.25) is 19.2 Å². The van der Waals surface area contributed by atoms with Crippen molar-refractivity contribution in [1.82, 2.24) is 41.0 Å². The van der Waals surface area contributed by atoms with Crippen LogP contribution in [-0.2, 0) is 32.0 Å². The van der Waals surface area contributed by atoms with Crippen LogP contribution >= 0.6 is 23.5 Å². The summed E-state index contributed by atoms with van der Waals surface area (Å²) in [6, 6.07) is 14.9. The molecule has 2 aromatic heterocycles. The first kappa shape index (κ1) is 38.9. The lowest BCUT2D eigenvalue weighted by Gasteiger charge is -2.31. The fraction of sp³-hybridized carbons (Fsp3) is 0.524. The van der Waals surface area contributed by atoms with Crippen molar-refractivity contribution >= 4 is 69.0 Å². The first-order valence-corrected chi connectivity index (χ1v) is 22.3. The van der Waals surface area contributed by atoms with Crippen LogP contribution in [0.4, 0.5) is 0 Å². The average Bonchev–Trinajstić information content (AvgIpc) is 3.95. The third-order valence-electron chi connectivity index (χ3n) is 12.4. The minimum absolute atomic E-state index is 0.0113. The maximum absolute atomic E-state index is 14.3. The maximum atomic E-state index is 14.3. The molecule has 12 nitrogen and oxygen atoms in total. The molecule has 4 saturated heterocycles. The van der Waals surface area contributed by atoms with E-state index in [4.69, 9.17) is 0 Å². The molecule has 4 aliphatic heterocycles. The molecule has 2 aromatic carbocycles. The Hall–Kier alpha value is -3.98. The van der Waals surface area contributed by atoms with Crippen molar-refractivity contribution in [3.63, 3.8) is 0 Å². The Morgan fingerprint density at radius 1 is 0.679 bits per heavy atom. The summed E-state index contributed by atoms with van der Waals surface area (Å²) in [5.74, 6) is 1.36. The lowest BCUT2D eigenvalue weighted by Crippen LogP contribution is -2.54. The molecule has 0 bridgehead atoms. The number of likely N-dealkylation sites (N-methyl/N-ethyl adjacent to an activating group) is 2. The average molecular weight is 799 g/mol. The summed E-state index contributed by atoms with van der Waals surface area (Å²) >= 11 is 3.70. The highest BCUT2D eigenvalue weighted by Gasteiger charge is 2.45. The third kappa shape index (κ3) is 7.33. The molecule has 0 saturated carbocycles. The number of fused-ring (bicyclic) bond motifs is 4. The fourth-order valence-corrected chi connectivity index (χ4v) is 12.1. The number of carbonyl (C=O) groups is 4. The molecule has 0 spiro atoms. The van der Waals surface area contributed by atoms with Gasteiger partial charge in [-0.15, -0.1) is 23.5 Å². The highest BCUT2D eigenvalue weighted by Crippen LogP contribution is 2.43. The number of H-pyrrole nitrogens is 2. The molecule has 14 heteroatoms. The molecule has 0 radical (unpaired) electrons. The highest BCUT2D eigenvalue weighted by atomic mass is 32.2. The standard InChI is InChI=1S/C42H54N8O4S2/c1-23(43-3)39(51)47-33-15-9-17-35-49(41(33)53)25(21-55-35)19-29-27-11-5-7-13-31(27)45-37(29)38-30(28-12-6-8-14-32(28)46-38)20-26-22-56-36-18-10-16-34(42(54)50(26)36)48-40(52)24(2)44-4/h5-8,11-14,23-26,33-36,43-46H,9-10,15-22H2,1-4H3,(H,47,51)(H,48,52)/t23-,24-,25+,26+,33-,34-,35+,36+/m0/s1. The van der Waals surface area contributed by atoms with Crippen molar-refractivity contribution in [2.24, 2.45) is 0 Å². The van der Waals surface area contributed by atoms with E-state index < -0.39 is 12.1 Å². The molecule has 8 rings (SSSR count). The quantitative estimate of drug-likeness (QED) is 0.130. The van der Waals surface area contributed by atoms with Gasteiger partial charge in [0.05, 0.1) is 34.2 Å². The molecule has 6 heterocycles. The van der Waals surface area contributed by atoms with Gasteiger partial charge in [-0.2, -0.15) is 0 Å². The first-order valence-electron chi connectivity index (χ1n) is 20.2. The Labute approximate surface area is 336 Å². The molecule has 6 N–H and O–H groups in total. The zero-order chi connectivity index (χ0) is 39.1. The van der Waals surface area contributed by atoms with E-state index in [0.717, 1.165) is 81.5 Å². The molecule has 0 unspecified atom stereocenters. The summed E-state index contributed by atoms with van der Waals surface area (Å²) in [6.45, 7) is 3.62. The normalized spacial score (nSPS) is 26.5. The second-order valence-corrected chi connectivity index (χ2v) is 18.3. The Morgan fingerprint density at radius 2 is 1.09 bits per heavy atom. The van der Waals surface area contributed by atoms with E-state index in [2.05, 4.69) is 77.4 Å². The maximum Gasteiger partial charge on any atom is 0.246 e. The fourth-order valence-electron chi connectivity index (χ4n) is 9.08. The van der Waals surface area contributed by atoms with Gasteiger partial charge in [-0.1, -0.05) is 36.4 Å². The topological polar surface area (TPSA) is 154 Å². The lowest BCUT2D eigenvalue weighted by molar-refractivity contribution is -0.138. The van der Waals surface area contributed by atoms with Crippen molar-refractivity contribution in [2.75, 3.05) is 25.6 Å². The number of hydrogen-bond donors (Lipinski definition) is 6. The number of aromatic nitrogens is 2. The minimum Gasteiger partial charge on any atom is -0.353 e. The summed E-state index contributed by atoms with van der Waals surface area (Å²) < 4.78 is 0. The number of hydrogen-bond acceptors (Lipinski definition) is 8. The van der Waals surface area contributed by atoms with E-state index in [1.807, 2.05) is 49.5 Å². The van der Waals surface area contributed by atoms with E-state index in [1.165, 1.54) is 0 Å². The molecule has 0 aliphatic carbocycles. The summed E-state index contributed by atoms with van der Waals surface area (Å²) in [6.07, 6.45) is 6.17. The van der Waals surface area contributed by atoms with Gasteiger partial charge in [0.1, 0.15) is 12.1 Å². The number of carbonyl (C=O) groups excluding carboxylic acids is 4. The Morgan fingerprint density at radius 3 is 1.50 bits per heavy atom. The molecule has 8 atom stereocenters. The number of nitrogens with one attached hydrogen (secondary N) is 6. The molecular weight excluding hydrogens is 745 g/mol.